The van der Waals surface area contributed by atoms with Crippen molar-refractivity contribution in [3.05, 3.63) is 29.3 Å². The predicted octanol–water partition coefficient (Wildman–Crippen LogP) is 3.60. The Bertz CT molecular complexity index is 501. The fraction of sp³-hybridized carbons (Fsp3) is 0.533. The van der Waals surface area contributed by atoms with Gasteiger partial charge in [-0.1, -0.05) is 31.9 Å². The van der Waals surface area contributed by atoms with Crippen molar-refractivity contribution < 1.29 is 0 Å². The summed E-state index contributed by atoms with van der Waals surface area (Å²) >= 11 is 1.79. The van der Waals surface area contributed by atoms with Gasteiger partial charge in [-0.05, 0) is 30.4 Å². The van der Waals surface area contributed by atoms with Crippen molar-refractivity contribution in [3.8, 4) is 0 Å². The van der Waals surface area contributed by atoms with E-state index in [1.165, 1.54) is 29.0 Å². The number of rotatable bonds is 3. The third kappa shape index (κ3) is 2.29. The summed E-state index contributed by atoms with van der Waals surface area (Å²) in [6, 6.07) is 8.62. The molecule has 0 bridgehead atoms. The molecule has 1 saturated carbocycles. The van der Waals surface area contributed by atoms with Gasteiger partial charge >= 0.3 is 0 Å². The number of nitrogens with zero attached hydrogens (tertiary/aromatic N) is 1. The maximum atomic E-state index is 6.39. The largest absolute Gasteiger partial charge is 0.327 e. The highest BCUT2D eigenvalue weighted by molar-refractivity contribution is 7.18. The number of hydrogen-bond donors (Lipinski definition) is 1. The Hall–Kier alpha value is -0.930. The molecule has 0 radical (unpaired) electrons. The number of para-hydroxylation sites is 1. The number of benzene rings is 1. The summed E-state index contributed by atoms with van der Waals surface area (Å²) in [4.78, 5) is 4.69. The van der Waals surface area contributed by atoms with Gasteiger partial charge in [0.2, 0.25) is 0 Å². The SMILES string of the molecule is CC1CCCC1C(N)Cc1nc2ccccc2s1. The summed E-state index contributed by atoms with van der Waals surface area (Å²) in [6.45, 7) is 2.34. The summed E-state index contributed by atoms with van der Waals surface area (Å²) < 4.78 is 1.28. The molecule has 0 aliphatic heterocycles. The predicted molar refractivity (Wildman–Crippen MR) is 77.8 cm³/mol. The Morgan fingerprint density at radius 3 is 2.94 bits per heavy atom. The lowest BCUT2D eigenvalue weighted by molar-refractivity contribution is 0.343. The third-order valence-electron chi connectivity index (χ3n) is 4.23. The van der Waals surface area contributed by atoms with Crippen LogP contribution in [0.4, 0.5) is 0 Å². The van der Waals surface area contributed by atoms with Crippen molar-refractivity contribution in [2.24, 2.45) is 17.6 Å². The van der Waals surface area contributed by atoms with Crippen molar-refractivity contribution in [2.45, 2.75) is 38.6 Å². The van der Waals surface area contributed by atoms with Crippen LogP contribution in [-0.2, 0) is 6.42 Å². The molecule has 2 aromatic rings. The van der Waals surface area contributed by atoms with Gasteiger partial charge in [-0.2, -0.15) is 0 Å². The van der Waals surface area contributed by atoms with Gasteiger partial charge in [-0.3, -0.25) is 0 Å². The molecule has 0 spiro atoms. The van der Waals surface area contributed by atoms with E-state index in [0.29, 0.717) is 5.92 Å². The second-order valence-electron chi connectivity index (χ2n) is 5.52. The van der Waals surface area contributed by atoms with E-state index in [0.717, 1.165) is 17.9 Å². The monoisotopic (exact) mass is 260 g/mol. The maximum absolute atomic E-state index is 6.39. The van der Waals surface area contributed by atoms with E-state index in [9.17, 15) is 0 Å². The van der Waals surface area contributed by atoms with Gasteiger partial charge in [0.15, 0.2) is 0 Å². The van der Waals surface area contributed by atoms with Gasteiger partial charge in [0.05, 0.1) is 15.2 Å². The van der Waals surface area contributed by atoms with E-state index in [1.807, 2.05) is 6.07 Å². The Morgan fingerprint density at radius 2 is 2.22 bits per heavy atom. The molecule has 3 rings (SSSR count). The molecule has 0 amide bonds. The van der Waals surface area contributed by atoms with E-state index in [1.54, 1.807) is 11.3 Å². The normalized spacial score (nSPS) is 25.7. The first-order valence-corrected chi connectivity index (χ1v) is 7.65. The second-order valence-corrected chi connectivity index (χ2v) is 6.63. The van der Waals surface area contributed by atoms with Crippen LogP contribution >= 0.6 is 11.3 Å². The standard InChI is InChI=1S/C15H20N2S/c1-10-5-4-6-11(10)12(16)9-15-17-13-7-2-3-8-14(13)18-15/h2-3,7-8,10-12H,4-6,9,16H2,1H3. The molecule has 3 atom stereocenters. The Kier molecular flexibility index (Phi) is 3.35. The molecular formula is C15H20N2S. The minimum atomic E-state index is 0.281. The zero-order valence-electron chi connectivity index (χ0n) is 10.8. The molecule has 3 unspecified atom stereocenters. The molecule has 1 aromatic carbocycles. The van der Waals surface area contributed by atoms with Crippen LogP contribution in [0.2, 0.25) is 0 Å². The minimum Gasteiger partial charge on any atom is -0.327 e. The van der Waals surface area contributed by atoms with Gasteiger partial charge in [0, 0.05) is 12.5 Å². The molecule has 0 saturated heterocycles. The first kappa shape index (κ1) is 12.1. The van der Waals surface area contributed by atoms with Crippen molar-refractivity contribution >= 4 is 21.6 Å². The third-order valence-corrected chi connectivity index (χ3v) is 5.28. The van der Waals surface area contributed by atoms with E-state index in [-0.39, 0.29) is 6.04 Å². The molecular weight excluding hydrogens is 240 g/mol. The average molecular weight is 260 g/mol. The molecule has 1 heterocycles. The quantitative estimate of drug-likeness (QED) is 0.915. The summed E-state index contributed by atoms with van der Waals surface area (Å²) in [5.41, 5.74) is 7.50. The Morgan fingerprint density at radius 1 is 1.39 bits per heavy atom. The van der Waals surface area contributed by atoms with E-state index >= 15 is 0 Å². The molecule has 2 nitrogen and oxygen atoms in total. The average Bonchev–Trinajstić information content (AvgIpc) is 2.94. The van der Waals surface area contributed by atoms with E-state index < -0.39 is 0 Å². The molecule has 96 valence electrons. The van der Waals surface area contributed by atoms with Crippen LogP contribution in [0.1, 0.15) is 31.2 Å². The zero-order chi connectivity index (χ0) is 12.5. The molecule has 18 heavy (non-hydrogen) atoms. The summed E-state index contributed by atoms with van der Waals surface area (Å²) in [6.07, 6.45) is 4.93. The lowest BCUT2D eigenvalue weighted by atomic mass is 9.89. The van der Waals surface area contributed by atoms with Crippen LogP contribution in [0.25, 0.3) is 10.2 Å². The Balaban J connectivity index is 1.75. The van der Waals surface area contributed by atoms with Crippen LogP contribution in [0.15, 0.2) is 24.3 Å². The number of fused-ring (bicyclic) bond motifs is 1. The van der Waals surface area contributed by atoms with Gasteiger partial charge in [-0.15, -0.1) is 11.3 Å². The molecule has 2 N–H and O–H groups in total. The van der Waals surface area contributed by atoms with E-state index in [4.69, 9.17) is 5.73 Å². The number of thiazole rings is 1. The molecule has 1 aromatic heterocycles. The number of nitrogens with two attached hydrogens (primary N) is 1. The van der Waals surface area contributed by atoms with Crippen molar-refractivity contribution in [2.75, 3.05) is 0 Å². The van der Waals surface area contributed by atoms with Crippen molar-refractivity contribution in [1.29, 1.82) is 0 Å². The van der Waals surface area contributed by atoms with Crippen molar-refractivity contribution in [1.82, 2.24) is 4.98 Å². The van der Waals surface area contributed by atoms with Gasteiger partial charge in [0.1, 0.15) is 0 Å². The smallest absolute Gasteiger partial charge is 0.0954 e. The highest BCUT2D eigenvalue weighted by Crippen LogP contribution is 2.34. The van der Waals surface area contributed by atoms with E-state index in [2.05, 4.69) is 30.1 Å². The van der Waals surface area contributed by atoms with Crippen LogP contribution in [0, 0.1) is 11.8 Å². The minimum absolute atomic E-state index is 0.281. The lowest BCUT2D eigenvalue weighted by Crippen LogP contribution is -2.33. The molecule has 1 aliphatic carbocycles. The second kappa shape index (κ2) is 4.98. The lowest BCUT2D eigenvalue weighted by Gasteiger charge is -2.22. The van der Waals surface area contributed by atoms with Crippen molar-refractivity contribution in [3.63, 3.8) is 0 Å². The first-order valence-electron chi connectivity index (χ1n) is 6.84. The topological polar surface area (TPSA) is 38.9 Å². The van der Waals surface area contributed by atoms with Gasteiger partial charge < -0.3 is 5.73 Å². The number of hydrogen-bond acceptors (Lipinski definition) is 3. The van der Waals surface area contributed by atoms with Crippen LogP contribution in [0.3, 0.4) is 0 Å². The van der Waals surface area contributed by atoms with Crippen LogP contribution in [-0.4, -0.2) is 11.0 Å². The zero-order valence-corrected chi connectivity index (χ0v) is 11.6. The van der Waals surface area contributed by atoms with Gasteiger partial charge in [-0.25, -0.2) is 4.98 Å². The Labute approximate surface area is 112 Å². The maximum Gasteiger partial charge on any atom is 0.0954 e. The molecule has 1 aliphatic rings. The number of aromatic nitrogens is 1. The molecule has 1 fully saturated rings. The highest BCUT2D eigenvalue weighted by Gasteiger charge is 2.29. The van der Waals surface area contributed by atoms with Crippen LogP contribution in [0.5, 0.6) is 0 Å². The van der Waals surface area contributed by atoms with Gasteiger partial charge in [0.25, 0.3) is 0 Å². The highest BCUT2D eigenvalue weighted by atomic mass is 32.1. The fourth-order valence-corrected chi connectivity index (χ4v) is 4.21. The first-order chi connectivity index (χ1) is 8.74. The molecule has 3 heteroatoms. The van der Waals surface area contributed by atoms with Crippen LogP contribution < -0.4 is 5.73 Å². The summed E-state index contributed by atoms with van der Waals surface area (Å²) in [5.74, 6) is 1.48. The summed E-state index contributed by atoms with van der Waals surface area (Å²) in [5, 5.41) is 1.20. The summed E-state index contributed by atoms with van der Waals surface area (Å²) in [7, 11) is 0. The fourth-order valence-electron chi connectivity index (χ4n) is 3.17.